The predicted octanol–water partition coefficient (Wildman–Crippen LogP) is 3.50. The lowest BCUT2D eigenvalue weighted by Crippen LogP contribution is -1.92. The van der Waals surface area contributed by atoms with Crippen LogP contribution >= 0.6 is 11.6 Å². The van der Waals surface area contributed by atoms with Gasteiger partial charge in [0.25, 0.3) is 0 Å². The third-order valence-electron chi connectivity index (χ3n) is 3.06. The summed E-state index contributed by atoms with van der Waals surface area (Å²) in [5.41, 5.74) is 0.697. The molecule has 6 nitrogen and oxygen atoms in total. The number of rotatable bonds is 6. The van der Waals surface area contributed by atoms with Gasteiger partial charge >= 0.3 is 0 Å². The molecule has 0 saturated carbocycles. The Hall–Kier alpha value is -2.44. The molecule has 0 bridgehead atoms. The first-order valence-electron chi connectivity index (χ1n) is 7.08. The van der Waals surface area contributed by atoms with Crippen LogP contribution in [-0.4, -0.2) is 26.8 Å². The van der Waals surface area contributed by atoms with Crippen molar-refractivity contribution in [3.8, 4) is 23.0 Å². The first-order chi connectivity index (χ1) is 11.3. The van der Waals surface area contributed by atoms with Crippen molar-refractivity contribution in [2.45, 2.75) is 12.8 Å². The summed E-state index contributed by atoms with van der Waals surface area (Å²) in [6, 6.07) is 10.7. The van der Waals surface area contributed by atoms with E-state index in [2.05, 4.69) is 15.1 Å². The van der Waals surface area contributed by atoms with Crippen LogP contribution in [0.3, 0.4) is 0 Å². The Balaban J connectivity index is 1.85. The third-order valence-corrected chi connectivity index (χ3v) is 3.28. The van der Waals surface area contributed by atoms with Crippen molar-refractivity contribution in [2.75, 3.05) is 6.61 Å². The number of aromatic nitrogens is 3. The lowest BCUT2D eigenvalue weighted by molar-refractivity contribution is 0.278. The van der Waals surface area contributed by atoms with Gasteiger partial charge in [-0.15, -0.1) is 0 Å². The Kier molecular flexibility index (Phi) is 4.85. The molecule has 0 atom stereocenters. The largest absolute Gasteiger partial charge is 0.438 e. The SMILES string of the molecule is OCCCc1nc(-c2ccccc2Oc2ccc(Cl)cn2)no1. The van der Waals surface area contributed by atoms with Gasteiger partial charge in [-0.2, -0.15) is 4.98 Å². The van der Waals surface area contributed by atoms with Gasteiger partial charge in [-0.3, -0.25) is 0 Å². The molecule has 0 aliphatic rings. The number of aliphatic hydroxyl groups is 1. The van der Waals surface area contributed by atoms with Crippen LogP contribution in [0.25, 0.3) is 11.4 Å². The molecule has 0 unspecified atom stereocenters. The van der Waals surface area contributed by atoms with Gasteiger partial charge < -0.3 is 14.4 Å². The van der Waals surface area contributed by atoms with Crippen molar-refractivity contribution < 1.29 is 14.4 Å². The molecule has 0 aliphatic carbocycles. The summed E-state index contributed by atoms with van der Waals surface area (Å²) in [4.78, 5) is 8.43. The number of nitrogens with zero attached hydrogens (tertiary/aromatic N) is 3. The molecule has 1 N–H and O–H groups in total. The first-order valence-corrected chi connectivity index (χ1v) is 7.46. The monoisotopic (exact) mass is 331 g/mol. The number of hydrogen-bond donors (Lipinski definition) is 1. The maximum atomic E-state index is 8.85. The summed E-state index contributed by atoms with van der Waals surface area (Å²) >= 11 is 5.82. The van der Waals surface area contributed by atoms with E-state index in [0.29, 0.717) is 46.8 Å². The average Bonchev–Trinajstić information content (AvgIpc) is 3.04. The van der Waals surface area contributed by atoms with Crippen LogP contribution in [0.1, 0.15) is 12.3 Å². The zero-order valence-electron chi connectivity index (χ0n) is 12.1. The van der Waals surface area contributed by atoms with Gasteiger partial charge in [-0.25, -0.2) is 4.98 Å². The smallest absolute Gasteiger partial charge is 0.227 e. The highest BCUT2D eigenvalue weighted by Gasteiger charge is 2.14. The Labute approximate surface area is 137 Å². The number of halogens is 1. The first kappa shape index (κ1) is 15.5. The summed E-state index contributed by atoms with van der Waals surface area (Å²) in [6.07, 6.45) is 2.63. The molecule has 23 heavy (non-hydrogen) atoms. The van der Waals surface area contributed by atoms with Crippen molar-refractivity contribution in [1.29, 1.82) is 0 Å². The maximum absolute atomic E-state index is 8.85. The van der Waals surface area contributed by atoms with E-state index in [0.717, 1.165) is 0 Å². The van der Waals surface area contributed by atoms with Gasteiger partial charge in [-0.1, -0.05) is 28.9 Å². The van der Waals surface area contributed by atoms with Crippen LogP contribution < -0.4 is 4.74 Å². The standard InChI is InChI=1S/C16H14ClN3O3/c17-11-7-8-14(18-10-11)22-13-5-2-1-4-12(13)16-19-15(23-20-16)6-3-9-21/h1-2,4-5,7-8,10,21H,3,6,9H2. The van der Waals surface area contributed by atoms with Gasteiger partial charge in [0, 0.05) is 25.3 Å². The van der Waals surface area contributed by atoms with Crippen LogP contribution in [0.5, 0.6) is 11.6 Å². The highest BCUT2D eigenvalue weighted by Crippen LogP contribution is 2.31. The average molecular weight is 332 g/mol. The second-order valence-electron chi connectivity index (χ2n) is 4.75. The lowest BCUT2D eigenvalue weighted by Gasteiger charge is -2.07. The summed E-state index contributed by atoms with van der Waals surface area (Å²) in [5.74, 6) is 1.90. The van der Waals surface area contributed by atoms with E-state index >= 15 is 0 Å². The van der Waals surface area contributed by atoms with Gasteiger partial charge in [0.1, 0.15) is 5.75 Å². The fourth-order valence-electron chi connectivity index (χ4n) is 1.97. The molecule has 1 aromatic carbocycles. The molecule has 0 fully saturated rings. The molecule has 3 rings (SSSR count). The maximum Gasteiger partial charge on any atom is 0.227 e. The fraction of sp³-hybridized carbons (Fsp3) is 0.188. The molecular formula is C16H14ClN3O3. The van der Waals surface area contributed by atoms with Crippen LogP contribution in [-0.2, 0) is 6.42 Å². The molecule has 7 heteroatoms. The second kappa shape index (κ2) is 7.21. The quantitative estimate of drug-likeness (QED) is 0.744. The number of para-hydroxylation sites is 1. The van der Waals surface area contributed by atoms with Gasteiger partial charge in [-0.05, 0) is 24.6 Å². The van der Waals surface area contributed by atoms with E-state index < -0.39 is 0 Å². The summed E-state index contributed by atoms with van der Waals surface area (Å²) in [7, 11) is 0. The van der Waals surface area contributed by atoms with Crippen LogP contribution in [0.15, 0.2) is 47.1 Å². The van der Waals surface area contributed by atoms with Crippen molar-refractivity contribution in [2.24, 2.45) is 0 Å². The Morgan fingerprint density at radius 2 is 2.04 bits per heavy atom. The van der Waals surface area contributed by atoms with E-state index in [-0.39, 0.29) is 6.61 Å². The van der Waals surface area contributed by atoms with Gasteiger partial charge in [0.2, 0.25) is 17.6 Å². The normalized spacial score (nSPS) is 10.7. The zero-order chi connectivity index (χ0) is 16.1. The van der Waals surface area contributed by atoms with Crippen LogP contribution in [0.2, 0.25) is 5.02 Å². The number of ether oxygens (including phenoxy) is 1. The highest BCUT2D eigenvalue weighted by atomic mass is 35.5. The zero-order valence-corrected chi connectivity index (χ0v) is 12.9. The molecule has 2 aromatic heterocycles. The third kappa shape index (κ3) is 3.85. The van der Waals surface area contributed by atoms with E-state index in [4.69, 9.17) is 26.0 Å². The minimum absolute atomic E-state index is 0.0830. The van der Waals surface area contributed by atoms with Crippen molar-refractivity contribution >= 4 is 11.6 Å². The topological polar surface area (TPSA) is 81.3 Å². The van der Waals surface area contributed by atoms with E-state index in [1.807, 2.05) is 18.2 Å². The number of benzene rings is 1. The fourth-order valence-corrected chi connectivity index (χ4v) is 2.08. The molecule has 118 valence electrons. The number of pyridine rings is 1. The van der Waals surface area contributed by atoms with Crippen molar-refractivity contribution in [3.05, 3.63) is 53.5 Å². The Bertz CT molecular complexity index is 774. The molecule has 0 radical (unpaired) electrons. The molecule has 0 amide bonds. The van der Waals surface area contributed by atoms with Crippen molar-refractivity contribution in [3.63, 3.8) is 0 Å². The number of aliphatic hydroxyl groups excluding tert-OH is 1. The summed E-state index contributed by atoms with van der Waals surface area (Å²) < 4.78 is 11.0. The lowest BCUT2D eigenvalue weighted by atomic mass is 10.2. The Morgan fingerprint density at radius 1 is 1.17 bits per heavy atom. The van der Waals surface area contributed by atoms with E-state index in [9.17, 15) is 0 Å². The molecule has 0 spiro atoms. The Morgan fingerprint density at radius 3 is 2.83 bits per heavy atom. The molecule has 2 heterocycles. The predicted molar refractivity (Wildman–Crippen MR) is 84.5 cm³/mol. The molecule has 0 aliphatic heterocycles. The van der Waals surface area contributed by atoms with Crippen LogP contribution in [0.4, 0.5) is 0 Å². The highest BCUT2D eigenvalue weighted by molar-refractivity contribution is 6.30. The number of aryl methyl sites for hydroxylation is 1. The molecule has 3 aromatic rings. The van der Waals surface area contributed by atoms with Crippen LogP contribution in [0, 0.1) is 0 Å². The second-order valence-corrected chi connectivity index (χ2v) is 5.19. The summed E-state index contributed by atoms with van der Waals surface area (Å²) in [5, 5.41) is 13.4. The molecule has 0 saturated heterocycles. The van der Waals surface area contributed by atoms with Crippen molar-refractivity contribution in [1.82, 2.24) is 15.1 Å². The van der Waals surface area contributed by atoms with E-state index in [1.165, 1.54) is 6.20 Å². The molecular weight excluding hydrogens is 318 g/mol. The van der Waals surface area contributed by atoms with Gasteiger partial charge in [0.15, 0.2) is 0 Å². The van der Waals surface area contributed by atoms with E-state index in [1.54, 1.807) is 18.2 Å². The minimum atomic E-state index is 0.0830. The summed E-state index contributed by atoms with van der Waals surface area (Å²) in [6.45, 7) is 0.0830. The van der Waals surface area contributed by atoms with Gasteiger partial charge in [0.05, 0.1) is 10.6 Å². The number of hydrogen-bond acceptors (Lipinski definition) is 6. The minimum Gasteiger partial charge on any atom is -0.438 e.